The second-order valence-electron chi connectivity index (χ2n) is 2.41. The minimum Gasteiger partial charge on any atom is -0.396 e. The highest BCUT2D eigenvalue weighted by Crippen LogP contribution is 2.54. The SMILES string of the molecule is OC[C@@H]1CC(F)(F)C1(F)F. The zero-order valence-corrected chi connectivity index (χ0v) is 4.95. The van der Waals surface area contributed by atoms with E-state index < -0.39 is 30.8 Å². The lowest BCUT2D eigenvalue weighted by Crippen LogP contribution is -2.59. The van der Waals surface area contributed by atoms with Gasteiger partial charge in [0.2, 0.25) is 0 Å². The van der Waals surface area contributed by atoms with Gasteiger partial charge in [0, 0.05) is 6.42 Å². The van der Waals surface area contributed by atoms with Crippen molar-refractivity contribution in [3.05, 3.63) is 0 Å². The van der Waals surface area contributed by atoms with Crippen LogP contribution in [0.5, 0.6) is 0 Å². The summed E-state index contributed by atoms with van der Waals surface area (Å²) in [6, 6.07) is 0. The van der Waals surface area contributed by atoms with E-state index in [0.29, 0.717) is 0 Å². The average molecular weight is 158 g/mol. The molecule has 0 aromatic carbocycles. The van der Waals surface area contributed by atoms with E-state index in [4.69, 9.17) is 5.11 Å². The average Bonchev–Trinajstić information content (AvgIpc) is 1.83. The predicted molar refractivity (Wildman–Crippen MR) is 25.1 cm³/mol. The zero-order valence-electron chi connectivity index (χ0n) is 4.95. The molecule has 1 saturated carbocycles. The molecule has 60 valence electrons. The van der Waals surface area contributed by atoms with E-state index in [9.17, 15) is 17.6 Å². The maximum absolute atomic E-state index is 12.1. The van der Waals surface area contributed by atoms with Gasteiger partial charge in [-0.1, -0.05) is 0 Å². The van der Waals surface area contributed by atoms with Gasteiger partial charge in [0.25, 0.3) is 0 Å². The number of rotatable bonds is 1. The molecule has 0 aromatic rings. The number of hydrogen-bond donors (Lipinski definition) is 1. The molecule has 1 rings (SSSR count). The van der Waals surface area contributed by atoms with Gasteiger partial charge >= 0.3 is 11.8 Å². The molecular weight excluding hydrogens is 152 g/mol. The largest absolute Gasteiger partial charge is 0.396 e. The summed E-state index contributed by atoms with van der Waals surface area (Å²) >= 11 is 0. The third kappa shape index (κ3) is 0.729. The maximum atomic E-state index is 12.1. The summed E-state index contributed by atoms with van der Waals surface area (Å²) in [6.07, 6.45) is -0.906. The van der Waals surface area contributed by atoms with Gasteiger partial charge in [0.05, 0.1) is 12.5 Å². The molecule has 0 saturated heterocycles. The minimum atomic E-state index is -4.00. The molecule has 1 N–H and O–H groups in total. The Labute approximate surface area is 54.6 Å². The summed E-state index contributed by atoms with van der Waals surface area (Å²) in [7, 11) is 0. The van der Waals surface area contributed by atoms with Crippen LogP contribution in [0.25, 0.3) is 0 Å². The number of aliphatic hydroxyl groups is 1. The van der Waals surface area contributed by atoms with Crippen molar-refractivity contribution in [2.45, 2.75) is 18.3 Å². The lowest BCUT2D eigenvalue weighted by Gasteiger charge is -2.42. The predicted octanol–water partition coefficient (Wildman–Crippen LogP) is 1.27. The Morgan fingerprint density at radius 1 is 1.30 bits per heavy atom. The molecule has 1 fully saturated rings. The van der Waals surface area contributed by atoms with Crippen molar-refractivity contribution in [2.75, 3.05) is 6.61 Å². The van der Waals surface area contributed by atoms with Crippen molar-refractivity contribution in [2.24, 2.45) is 5.92 Å². The van der Waals surface area contributed by atoms with Crippen LogP contribution in [0.15, 0.2) is 0 Å². The highest BCUT2D eigenvalue weighted by Gasteiger charge is 2.71. The zero-order chi connectivity index (χ0) is 7.99. The molecule has 1 nitrogen and oxygen atoms in total. The smallest absolute Gasteiger partial charge is 0.315 e. The number of alkyl halides is 4. The number of aliphatic hydroxyl groups excluding tert-OH is 1. The third-order valence-electron chi connectivity index (χ3n) is 1.72. The minimum absolute atomic E-state index is 0.872. The maximum Gasteiger partial charge on any atom is 0.315 e. The molecule has 0 radical (unpaired) electrons. The van der Waals surface area contributed by atoms with E-state index in [1.54, 1.807) is 0 Å². The monoisotopic (exact) mass is 158 g/mol. The quantitative estimate of drug-likeness (QED) is 0.569. The number of hydrogen-bond acceptors (Lipinski definition) is 1. The van der Waals surface area contributed by atoms with Crippen LogP contribution in [-0.4, -0.2) is 23.6 Å². The van der Waals surface area contributed by atoms with Crippen LogP contribution in [0.4, 0.5) is 17.6 Å². The summed E-state index contributed by atoms with van der Waals surface area (Å²) in [4.78, 5) is 0. The van der Waals surface area contributed by atoms with Gasteiger partial charge in [-0.2, -0.15) is 17.6 Å². The van der Waals surface area contributed by atoms with Crippen LogP contribution >= 0.6 is 0 Å². The number of halogens is 4. The highest BCUT2D eigenvalue weighted by molar-refractivity contribution is 5.02. The van der Waals surface area contributed by atoms with Gasteiger partial charge in [0.15, 0.2) is 0 Å². The second kappa shape index (κ2) is 1.84. The van der Waals surface area contributed by atoms with Gasteiger partial charge < -0.3 is 5.11 Å². The topological polar surface area (TPSA) is 20.2 Å². The van der Waals surface area contributed by atoms with Crippen LogP contribution in [0.1, 0.15) is 6.42 Å². The molecule has 1 atom stereocenters. The molecular formula is C5H6F4O. The fraction of sp³-hybridized carbons (Fsp3) is 1.00. The molecule has 0 unspecified atom stereocenters. The molecule has 0 spiro atoms. The summed E-state index contributed by atoms with van der Waals surface area (Å²) in [6.45, 7) is -0.872. The molecule has 1 aliphatic rings. The van der Waals surface area contributed by atoms with E-state index in [1.165, 1.54) is 0 Å². The Morgan fingerprint density at radius 2 is 1.80 bits per heavy atom. The van der Waals surface area contributed by atoms with Crippen molar-refractivity contribution in [1.82, 2.24) is 0 Å². The second-order valence-corrected chi connectivity index (χ2v) is 2.41. The van der Waals surface area contributed by atoms with Gasteiger partial charge in [-0.05, 0) is 0 Å². The van der Waals surface area contributed by atoms with E-state index in [2.05, 4.69) is 0 Å². The standard InChI is InChI=1S/C5H6F4O/c6-4(7)1-3(2-10)5(4,8)9/h3,10H,1-2H2/t3-/m0/s1. The molecule has 0 heterocycles. The molecule has 10 heavy (non-hydrogen) atoms. The van der Waals surface area contributed by atoms with Crippen molar-refractivity contribution in [3.8, 4) is 0 Å². The Balaban J connectivity index is 2.65. The first-order valence-electron chi connectivity index (χ1n) is 2.78. The van der Waals surface area contributed by atoms with Crippen LogP contribution in [-0.2, 0) is 0 Å². The summed E-state index contributed by atoms with van der Waals surface area (Å²) in [5, 5.41) is 8.14. The van der Waals surface area contributed by atoms with Crippen LogP contribution in [0.3, 0.4) is 0 Å². The first kappa shape index (κ1) is 7.78. The van der Waals surface area contributed by atoms with E-state index >= 15 is 0 Å². The van der Waals surface area contributed by atoms with Crippen LogP contribution < -0.4 is 0 Å². The Morgan fingerprint density at radius 3 is 1.90 bits per heavy atom. The lowest BCUT2D eigenvalue weighted by molar-refractivity contribution is -0.318. The summed E-state index contributed by atoms with van der Waals surface area (Å²) in [5.74, 6) is -9.45. The molecule has 0 aliphatic heterocycles. The molecule has 0 amide bonds. The molecule has 1 aliphatic carbocycles. The van der Waals surface area contributed by atoms with Crippen molar-refractivity contribution in [3.63, 3.8) is 0 Å². The van der Waals surface area contributed by atoms with Gasteiger partial charge in [-0.3, -0.25) is 0 Å². The first-order chi connectivity index (χ1) is 4.42. The lowest BCUT2D eigenvalue weighted by atomic mass is 9.77. The normalized spacial score (nSPS) is 35.1. The Hall–Kier alpha value is -0.320. The van der Waals surface area contributed by atoms with Crippen molar-refractivity contribution < 1.29 is 22.7 Å². The summed E-state index contributed by atoms with van der Waals surface area (Å²) < 4.78 is 47.9. The molecule has 0 aromatic heterocycles. The van der Waals surface area contributed by atoms with E-state index in [1.807, 2.05) is 0 Å². The third-order valence-corrected chi connectivity index (χ3v) is 1.72. The summed E-state index contributed by atoms with van der Waals surface area (Å²) in [5.41, 5.74) is 0. The van der Waals surface area contributed by atoms with Gasteiger partial charge in [-0.15, -0.1) is 0 Å². The van der Waals surface area contributed by atoms with Gasteiger partial charge in [-0.25, -0.2) is 0 Å². The Kier molecular flexibility index (Phi) is 1.43. The van der Waals surface area contributed by atoms with Crippen molar-refractivity contribution in [1.29, 1.82) is 0 Å². The van der Waals surface area contributed by atoms with E-state index in [0.717, 1.165) is 0 Å². The van der Waals surface area contributed by atoms with Crippen LogP contribution in [0.2, 0.25) is 0 Å². The molecule has 0 bridgehead atoms. The molecule has 5 heteroatoms. The highest BCUT2D eigenvalue weighted by atomic mass is 19.3. The first-order valence-corrected chi connectivity index (χ1v) is 2.78. The van der Waals surface area contributed by atoms with Gasteiger partial charge in [0.1, 0.15) is 0 Å². The van der Waals surface area contributed by atoms with E-state index in [-0.39, 0.29) is 0 Å². The fourth-order valence-corrected chi connectivity index (χ4v) is 0.920. The Bertz CT molecular complexity index is 145. The van der Waals surface area contributed by atoms with Crippen LogP contribution in [0, 0.1) is 5.92 Å². The van der Waals surface area contributed by atoms with Crippen molar-refractivity contribution >= 4 is 0 Å². The fourth-order valence-electron chi connectivity index (χ4n) is 0.920.